The number of benzene rings is 2. The van der Waals surface area contributed by atoms with E-state index in [1.807, 2.05) is 6.07 Å². The average Bonchev–Trinajstić information content (AvgIpc) is 3.15. The molecule has 0 bridgehead atoms. The van der Waals surface area contributed by atoms with Gasteiger partial charge < -0.3 is 9.47 Å². The van der Waals surface area contributed by atoms with Crippen LogP contribution in [-0.4, -0.2) is 12.7 Å². The molecule has 0 heterocycles. The lowest BCUT2D eigenvalue weighted by molar-refractivity contribution is -0.115. The summed E-state index contributed by atoms with van der Waals surface area (Å²) in [5, 5.41) is 0. The molecule has 1 fully saturated rings. The first-order valence-corrected chi connectivity index (χ1v) is 10.3. The Morgan fingerprint density at radius 3 is 2.07 bits per heavy atom. The molecule has 3 rings (SSSR count). The van der Waals surface area contributed by atoms with E-state index >= 15 is 0 Å². The Kier molecular flexibility index (Phi) is 6.73. The van der Waals surface area contributed by atoms with E-state index in [-0.39, 0.29) is 11.0 Å². The molecular weight excluding hydrogens is 332 g/mol. The van der Waals surface area contributed by atoms with Gasteiger partial charge in [-0.15, -0.1) is 0 Å². The summed E-state index contributed by atoms with van der Waals surface area (Å²) in [6, 6.07) is 21.1. The standard InChI is InChI=1S/C25H34O2/c1-24(2,20-26-18-21-12-6-4-7-13-21)19-25(3,22-14-8-5-9-15-22)27-23-16-10-11-17-23/h4-9,12-15,23H,10-11,16-20H2,1-3H3/t25-/m0/s1. The van der Waals surface area contributed by atoms with Crippen LogP contribution in [0.5, 0.6) is 0 Å². The Hall–Kier alpha value is -1.64. The first kappa shape index (κ1) is 20.1. The van der Waals surface area contributed by atoms with E-state index in [0.29, 0.717) is 12.7 Å². The van der Waals surface area contributed by atoms with Gasteiger partial charge in [-0.25, -0.2) is 0 Å². The molecular formula is C25H34O2. The van der Waals surface area contributed by atoms with Gasteiger partial charge in [0.1, 0.15) is 0 Å². The first-order valence-electron chi connectivity index (χ1n) is 10.3. The summed E-state index contributed by atoms with van der Waals surface area (Å²) < 4.78 is 12.8. The number of rotatable bonds is 9. The molecule has 0 radical (unpaired) electrons. The predicted octanol–water partition coefficient (Wildman–Crippen LogP) is 6.49. The van der Waals surface area contributed by atoms with Crippen LogP contribution in [0.2, 0.25) is 0 Å². The summed E-state index contributed by atoms with van der Waals surface area (Å²) in [4.78, 5) is 0. The average molecular weight is 367 g/mol. The summed E-state index contributed by atoms with van der Waals surface area (Å²) in [6.07, 6.45) is 6.28. The molecule has 1 aliphatic carbocycles. The van der Waals surface area contributed by atoms with Crippen molar-refractivity contribution in [2.45, 2.75) is 71.2 Å². The Labute approximate surface area is 164 Å². The van der Waals surface area contributed by atoms with Gasteiger partial charge in [0.15, 0.2) is 0 Å². The van der Waals surface area contributed by atoms with Crippen molar-refractivity contribution in [1.82, 2.24) is 0 Å². The molecule has 2 aromatic rings. The fourth-order valence-corrected chi connectivity index (χ4v) is 4.36. The highest BCUT2D eigenvalue weighted by atomic mass is 16.5. The molecule has 0 N–H and O–H groups in total. The van der Waals surface area contributed by atoms with E-state index in [1.165, 1.54) is 36.8 Å². The van der Waals surface area contributed by atoms with E-state index < -0.39 is 0 Å². The second kappa shape index (κ2) is 9.03. The summed E-state index contributed by atoms with van der Waals surface area (Å²) >= 11 is 0. The van der Waals surface area contributed by atoms with E-state index in [1.54, 1.807) is 0 Å². The molecule has 27 heavy (non-hydrogen) atoms. The van der Waals surface area contributed by atoms with Gasteiger partial charge >= 0.3 is 0 Å². The van der Waals surface area contributed by atoms with Crippen molar-refractivity contribution >= 4 is 0 Å². The Bertz CT molecular complexity index is 674. The van der Waals surface area contributed by atoms with Crippen LogP contribution < -0.4 is 0 Å². The van der Waals surface area contributed by atoms with Crippen molar-refractivity contribution in [2.24, 2.45) is 5.41 Å². The molecule has 146 valence electrons. The van der Waals surface area contributed by atoms with Gasteiger partial charge in [0.25, 0.3) is 0 Å². The van der Waals surface area contributed by atoms with Crippen molar-refractivity contribution in [2.75, 3.05) is 6.61 Å². The molecule has 0 aliphatic heterocycles. The quantitative estimate of drug-likeness (QED) is 0.505. The van der Waals surface area contributed by atoms with Crippen LogP contribution in [0.1, 0.15) is 64.0 Å². The minimum atomic E-state index is -0.282. The summed E-state index contributed by atoms with van der Waals surface area (Å²) in [5.74, 6) is 0. The summed E-state index contributed by atoms with van der Waals surface area (Å²) in [7, 11) is 0. The topological polar surface area (TPSA) is 18.5 Å². The van der Waals surface area contributed by atoms with Gasteiger partial charge in [0, 0.05) is 0 Å². The normalized spacial score (nSPS) is 17.7. The molecule has 0 spiro atoms. The van der Waals surface area contributed by atoms with Crippen molar-refractivity contribution in [1.29, 1.82) is 0 Å². The van der Waals surface area contributed by atoms with Gasteiger partial charge in [-0.2, -0.15) is 0 Å². The highest BCUT2D eigenvalue weighted by Gasteiger charge is 2.37. The van der Waals surface area contributed by atoms with Crippen LogP contribution in [0.4, 0.5) is 0 Å². The molecule has 2 nitrogen and oxygen atoms in total. The van der Waals surface area contributed by atoms with Gasteiger partial charge in [-0.1, -0.05) is 87.4 Å². The molecule has 2 heteroatoms. The fraction of sp³-hybridized carbons (Fsp3) is 0.520. The lowest BCUT2D eigenvalue weighted by Crippen LogP contribution is -2.37. The molecule has 0 amide bonds. The molecule has 0 unspecified atom stereocenters. The SMILES string of the molecule is CC(C)(COCc1ccccc1)C[C@](C)(OC1CCCC1)c1ccccc1. The van der Waals surface area contributed by atoms with E-state index in [2.05, 4.69) is 75.4 Å². The Morgan fingerprint density at radius 2 is 1.44 bits per heavy atom. The zero-order chi connectivity index (χ0) is 19.2. The number of hydrogen-bond acceptors (Lipinski definition) is 2. The van der Waals surface area contributed by atoms with Gasteiger partial charge in [0.05, 0.1) is 24.9 Å². The van der Waals surface area contributed by atoms with Crippen LogP contribution in [-0.2, 0) is 21.7 Å². The molecule has 1 saturated carbocycles. The maximum absolute atomic E-state index is 6.73. The van der Waals surface area contributed by atoms with Crippen LogP contribution in [0.15, 0.2) is 60.7 Å². The Morgan fingerprint density at radius 1 is 0.852 bits per heavy atom. The number of hydrogen-bond donors (Lipinski definition) is 0. The minimum Gasteiger partial charge on any atom is -0.376 e. The molecule has 0 saturated heterocycles. The van der Waals surface area contributed by atoms with Crippen LogP contribution in [0.3, 0.4) is 0 Å². The van der Waals surface area contributed by atoms with Gasteiger partial charge in [-0.3, -0.25) is 0 Å². The van der Waals surface area contributed by atoms with Crippen molar-refractivity contribution in [3.63, 3.8) is 0 Å². The van der Waals surface area contributed by atoms with Crippen LogP contribution in [0.25, 0.3) is 0 Å². The molecule has 1 atom stereocenters. The number of ether oxygens (including phenoxy) is 2. The van der Waals surface area contributed by atoms with E-state index in [9.17, 15) is 0 Å². The highest BCUT2D eigenvalue weighted by Crippen LogP contribution is 2.41. The van der Waals surface area contributed by atoms with Crippen LogP contribution >= 0.6 is 0 Å². The first-order chi connectivity index (χ1) is 13.0. The summed E-state index contributed by atoms with van der Waals surface area (Å²) in [6.45, 7) is 8.22. The zero-order valence-electron chi connectivity index (χ0n) is 17.1. The molecule has 1 aliphatic rings. The largest absolute Gasteiger partial charge is 0.376 e. The second-order valence-electron chi connectivity index (χ2n) is 8.94. The zero-order valence-corrected chi connectivity index (χ0v) is 17.1. The van der Waals surface area contributed by atoms with Gasteiger partial charge in [-0.05, 0) is 42.7 Å². The van der Waals surface area contributed by atoms with E-state index in [0.717, 1.165) is 13.0 Å². The molecule has 0 aromatic heterocycles. The van der Waals surface area contributed by atoms with Crippen molar-refractivity contribution < 1.29 is 9.47 Å². The summed E-state index contributed by atoms with van der Waals surface area (Å²) in [5.41, 5.74) is 2.24. The smallest absolute Gasteiger partial charge is 0.0913 e. The lowest BCUT2D eigenvalue weighted by Gasteiger charge is -2.39. The minimum absolute atomic E-state index is 0.0258. The Balaban J connectivity index is 1.66. The maximum atomic E-state index is 6.73. The maximum Gasteiger partial charge on any atom is 0.0913 e. The third-order valence-electron chi connectivity index (χ3n) is 5.53. The highest BCUT2D eigenvalue weighted by molar-refractivity contribution is 5.22. The third-order valence-corrected chi connectivity index (χ3v) is 5.53. The monoisotopic (exact) mass is 366 g/mol. The second-order valence-corrected chi connectivity index (χ2v) is 8.94. The van der Waals surface area contributed by atoms with Crippen LogP contribution in [0, 0.1) is 5.41 Å². The third kappa shape index (κ3) is 5.92. The van der Waals surface area contributed by atoms with E-state index in [4.69, 9.17) is 9.47 Å². The van der Waals surface area contributed by atoms with Crippen molar-refractivity contribution in [3.8, 4) is 0 Å². The van der Waals surface area contributed by atoms with Crippen molar-refractivity contribution in [3.05, 3.63) is 71.8 Å². The molecule has 2 aromatic carbocycles. The fourth-order valence-electron chi connectivity index (χ4n) is 4.36. The van der Waals surface area contributed by atoms with Gasteiger partial charge in [0.2, 0.25) is 0 Å². The lowest BCUT2D eigenvalue weighted by atomic mass is 9.78. The predicted molar refractivity (Wildman–Crippen MR) is 112 cm³/mol.